The minimum Gasteiger partial charge on any atom is -0.492 e. The first-order valence-electron chi connectivity index (χ1n) is 12.6. The number of halogens is 2. The fourth-order valence-electron chi connectivity index (χ4n) is 3.85. The Kier molecular flexibility index (Phi) is 11.5. The van der Waals surface area contributed by atoms with E-state index in [1.807, 2.05) is 43.5 Å². The van der Waals surface area contributed by atoms with Crippen molar-refractivity contribution in [2.75, 3.05) is 20.2 Å². The number of hydrogen-bond donors (Lipinski definition) is 3. The Hall–Kier alpha value is -3.52. The summed E-state index contributed by atoms with van der Waals surface area (Å²) >= 11 is 0. The van der Waals surface area contributed by atoms with Crippen LogP contribution in [0.2, 0.25) is 0 Å². The van der Waals surface area contributed by atoms with Crippen LogP contribution in [0.4, 0.5) is 8.78 Å². The zero-order valence-corrected chi connectivity index (χ0v) is 21.6. The van der Waals surface area contributed by atoms with Gasteiger partial charge in [0.2, 0.25) is 0 Å². The molecule has 3 atom stereocenters. The van der Waals surface area contributed by atoms with E-state index in [9.17, 15) is 19.0 Å². The zero-order chi connectivity index (χ0) is 27.3. The van der Waals surface area contributed by atoms with Crippen LogP contribution in [0.3, 0.4) is 0 Å². The van der Waals surface area contributed by atoms with E-state index in [1.165, 1.54) is 12.1 Å². The molecule has 3 aromatic carbocycles. The van der Waals surface area contributed by atoms with Crippen LogP contribution in [-0.2, 0) is 0 Å². The normalized spacial score (nSPS) is 16.2. The van der Waals surface area contributed by atoms with Crippen LogP contribution in [0.15, 0.2) is 103 Å². The van der Waals surface area contributed by atoms with Crippen LogP contribution in [-0.4, -0.2) is 37.0 Å². The lowest BCUT2D eigenvalue weighted by Gasteiger charge is -2.17. The number of benzene rings is 3. The lowest BCUT2D eigenvalue weighted by Crippen LogP contribution is -2.15. The van der Waals surface area contributed by atoms with Gasteiger partial charge in [-0.1, -0.05) is 79.7 Å². The molecular weight excluding hydrogens is 488 g/mol. The van der Waals surface area contributed by atoms with Gasteiger partial charge in [-0.25, -0.2) is 0 Å². The monoisotopic (exact) mass is 523 g/mol. The fourth-order valence-corrected chi connectivity index (χ4v) is 3.85. The van der Waals surface area contributed by atoms with Crippen LogP contribution >= 0.6 is 0 Å². The molecule has 3 N–H and O–H groups in total. The molecule has 0 saturated heterocycles. The minimum atomic E-state index is -2.87. The number of hydrogen-bond acceptors (Lipinski definition) is 5. The summed E-state index contributed by atoms with van der Waals surface area (Å²) in [6.07, 6.45) is 5.88. The van der Waals surface area contributed by atoms with Crippen LogP contribution < -0.4 is 14.8 Å². The number of rotatable bonds is 10. The Morgan fingerprint density at radius 3 is 2.18 bits per heavy atom. The van der Waals surface area contributed by atoms with Crippen molar-refractivity contribution < 1.29 is 28.5 Å². The summed E-state index contributed by atoms with van der Waals surface area (Å²) in [6, 6.07) is 22.7. The maximum Gasteiger partial charge on any atom is 0.387 e. The quantitative estimate of drug-likeness (QED) is 0.276. The molecule has 0 radical (unpaired) electrons. The number of likely N-dealkylation sites (N-methyl/N-ethyl adjacent to an activating group) is 1. The zero-order valence-electron chi connectivity index (χ0n) is 21.6. The summed E-state index contributed by atoms with van der Waals surface area (Å²) in [4.78, 5) is 0. The van der Waals surface area contributed by atoms with Crippen molar-refractivity contribution in [3.8, 4) is 11.5 Å². The third-order valence-corrected chi connectivity index (χ3v) is 5.99. The Morgan fingerprint density at radius 1 is 0.868 bits per heavy atom. The first-order chi connectivity index (χ1) is 18.4. The molecule has 0 saturated carbocycles. The first kappa shape index (κ1) is 29.0. The molecule has 38 heavy (non-hydrogen) atoms. The van der Waals surface area contributed by atoms with Crippen molar-refractivity contribution in [1.82, 2.24) is 5.32 Å². The van der Waals surface area contributed by atoms with Crippen LogP contribution in [0.25, 0.3) is 0 Å². The summed E-state index contributed by atoms with van der Waals surface area (Å²) in [5.74, 6) is 1.43. The molecule has 0 bridgehead atoms. The van der Waals surface area contributed by atoms with Crippen LogP contribution in [0.1, 0.15) is 42.2 Å². The van der Waals surface area contributed by atoms with Crippen molar-refractivity contribution >= 4 is 0 Å². The molecule has 202 valence electrons. The predicted molar refractivity (Wildman–Crippen MR) is 145 cm³/mol. The first-order valence-corrected chi connectivity index (χ1v) is 12.6. The number of allylic oxidation sites excluding steroid dienone is 2. The smallest absolute Gasteiger partial charge is 0.387 e. The van der Waals surface area contributed by atoms with Gasteiger partial charge in [0, 0.05) is 6.54 Å². The van der Waals surface area contributed by atoms with Crippen molar-refractivity contribution in [2.45, 2.75) is 32.2 Å². The highest BCUT2D eigenvalue weighted by Gasteiger charge is 2.14. The van der Waals surface area contributed by atoms with Gasteiger partial charge in [-0.15, -0.1) is 0 Å². The van der Waals surface area contributed by atoms with Crippen LogP contribution in [0.5, 0.6) is 11.5 Å². The molecule has 0 heterocycles. The Bertz CT molecular complexity index is 1170. The van der Waals surface area contributed by atoms with E-state index in [4.69, 9.17) is 4.74 Å². The SMILES string of the molecule is CNCCOc1ccc(C(O)C2=CCC(C)C=C2)cc1.OC(c1ccccc1)c1cccc(OC(F)F)c1. The molecule has 3 aromatic rings. The van der Waals surface area contributed by atoms with Gasteiger partial charge in [-0.05, 0) is 65.9 Å². The lowest BCUT2D eigenvalue weighted by atomic mass is 9.92. The summed E-state index contributed by atoms with van der Waals surface area (Å²) in [7, 11) is 1.90. The Balaban J connectivity index is 0.000000212. The van der Waals surface area contributed by atoms with Gasteiger partial charge < -0.3 is 25.0 Å². The minimum absolute atomic E-state index is 0.0393. The summed E-state index contributed by atoms with van der Waals surface area (Å²) in [6.45, 7) is 0.770. The van der Waals surface area contributed by atoms with Gasteiger partial charge in [0.05, 0.1) is 0 Å². The molecule has 1 aliphatic carbocycles. The highest BCUT2D eigenvalue weighted by Crippen LogP contribution is 2.29. The Labute approximate surface area is 223 Å². The molecule has 7 heteroatoms. The third kappa shape index (κ3) is 9.10. The van der Waals surface area contributed by atoms with Gasteiger partial charge in [-0.2, -0.15) is 8.78 Å². The van der Waals surface area contributed by atoms with Gasteiger partial charge >= 0.3 is 6.61 Å². The average Bonchev–Trinajstić information content (AvgIpc) is 2.94. The third-order valence-electron chi connectivity index (χ3n) is 5.99. The molecule has 0 aromatic heterocycles. The fraction of sp³-hybridized carbons (Fsp3) is 0.290. The van der Waals surface area contributed by atoms with Gasteiger partial charge in [0.25, 0.3) is 0 Å². The summed E-state index contributed by atoms with van der Waals surface area (Å²) in [5, 5.41) is 23.5. The highest BCUT2D eigenvalue weighted by atomic mass is 19.3. The maximum absolute atomic E-state index is 12.1. The number of ether oxygens (including phenoxy) is 2. The standard InChI is InChI=1S/C17H23NO2.C14H12F2O2/c1-13-3-5-14(6-4-13)17(19)15-7-9-16(10-8-15)20-12-11-18-2;15-14(16)18-12-8-4-7-11(9-12)13(17)10-5-2-1-3-6-10/h3,5-10,13,17-19H,4,11-12H2,1-2H3;1-9,13-14,17H. The lowest BCUT2D eigenvalue weighted by molar-refractivity contribution is -0.0499. The second kappa shape index (κ2) is 15.0. The van der Waals surface area contributed by atoms with Crippen LogP contribution in [0, 0.1) is 5.92 Å². The van der Waals surface area contributed by atoms with E-state index in [0.717, 1.165) is 29.9 Å². The largest absolute Gasteiger partial charge is 0.492 e. The molecule has 0 aliphatic heterocycles. The second-order valence-corrected chi connectivity index (χ2v) is 8.96. The number of aliphatic hydroxyl groups excluding tert-OH is 2. The number of alkyl halides is 2. The highest BCUT2D eigenvalue weighted by molar-refractivity contribution is 5.37. The molecule has 3 unspecified atom stereocenters. The molecule has 4 rings (SSSR count). The second-order valence-electron chi connectivity index (χ2n) is 8.96. The number of nitrogens with one attached hydrogen (secondary N) is 1. The Morgan fingerprint density at radius 2 is 1.55 bits per heavy atom. The number of aliphatic hydroxyl groups is 2. The van der Waals surface area contributed by atoms with Crippen molar-refractivity contribution in [2.24, 2.45) is 5.92 Å². The van der Waals surface area contributed by atoms with Gasteiger partial charge in [-0.3, -0.25) is 0 Å². The van der Waals surface area contributed by atoms with E-state index < -0.39 is 18.8 Å². The topological polar surface area (TPSA) is 71.0 Å². The van der Waals surface area contributed by atoms with E-state index >= 15 is 0 Å². The van der Waals surface area contributed by atoms with E-state index in [1.54, 1.807) is 36.4 Å². The molecule has 5 nitrogen and oxygen atoms in total. The van der Waals surface area contributed by atoms with Crippen molar-refractivity contribution in [1.29, 1.82) is 0 Å². The molecule has 1 aliphatic rings. The summed E-state index contributed by atoms with van der Waals surface area (Å²) < 4.78 is 34.0. The summed E-state index contributed by atoms with van der Waals surface area (Å²) in [5.41, 5.74) is 3.09. The average molecular weight is 524 g/mol. The molecular formula is C31H35F2NO4. The predicted octanol–water partition coefficient (Wildman–Crippen LogP) is 6.21. The molecule has 0 spiro atoms. The van der Waals surface area contributed by atoms with E-state index in [0.29, 0.717) is 23.7 Å². The van der Waals surface area contributed by atoms with Crippen molar-refractivity contribution in [3.05, 3.63) is 119 Å². The van der Waals surface area contributed by atoms with Gasteiger partial charge in [0.1, 0.15) is 30.3 Å². The molecule has 0 fully saturated rings. The molecule has 0 amide bonds. The van der Waals surface area contributed by atoms with Gasteiger partial charge in [0.15, 0.2) is 0 Å². The van der Waals surface area contributed by atoms with Crippen molar-refractivity contribution in [3.63, 3.8) is 0 Å². The maximum atomic E-state index is 12.1. The van der Waals surface area contributed by atoms with E-state index in [-0.39, 0.29) is 5.75 Å². The van der Waals surface area contributed by atoms with E-state index in [2.05, 4.69) is 29.1 Å².